The van der Waals surface area contributed by atoms with Crippen LogP contribution in [0.5, 0.6) is 0 Å². The van der Waals surface area contributed by atoms with Crippen molar-refractivity contribution in [3.05, 3.63) is 143 Å². The van der Waals surface area contributed by atoms with Crippen molar-refractivity contribution in [1.82, 2.24) is 15.2 Å². The Morgan fingerprint density at radius 3 is 1.98 bits per heavy atom. The van der Waals surface area contributed by atoms with Crippen LogP contribution >= 0.6 is 0 Å². The summed E-state index contributed by atoms with van der Waals surface area (Å²) in [7, 11) is 0. The minimum absolute atomic E-state index is 0.209. The van der Waals surface area contributed by atoms with Crippen LogP contribution < -0.4 is 10.6 Å². The van der Waals surface area contributed by atoms with Crippen LogP contribution in [0.3, 0.4) is 0 Å². The molecule has 1 aliphatic rings. The molecule has 0 unspecified atom stereocenters. The van der Waals surface area contributed by atoms with E-state index in [0.717, 1.165) is 47.3 Å². The van der Waals surface area contributed by atoms with Gasteiger partial charge < -0.3 is 15.4 Å². The van der Waals surface area contributed by atoms with Gasteiger partial charge in [0, 0.05) is 31.1 Å². The zero-order chi connectivity index (χ0) is 28.8. The number of aryl methyl sites for hydroxylation is 1. The number of nitrogens with zero attached hydrogens (tertiary/aromatic N) is 2. The summed E-state index contributed by atoms with van der Waals surface area (Å²) in [4.78, 5) is 4.78. The van der Waals surface area contributed by atoms with E-state index in [4.69, 9.17) is 9.72 Å². The second-order valence-corrected chi connectivity index (χ2v) is 10.6. The van der Waals surface area contributed by atoms with E-state index in [9.17, 15) is 5.41 Å². The number of ether oxygens (including phenoxy) is 1. The number of aromatic nitrogens is 3. The molecular formula is C35H36N6O. The first-order valence-electron chi connectivity index (χ1n) is 14.6. The minimum Gasteiger partial charge on any atom is -0.381 e. The average Bonchev–Trinajstić information content (AvgIpc) is 3.55. The highest BCUT2D eigenvalue weighted by molar-refractivity contribution is 6.16. The Balaban J connectivity index is 1.56. The van der Waals surface area contributed by atoms with E-state index < -0.39 is 5.54 Å². The van der Waals surface area contributed by atoms with Gasteiger partial charge in [-0.25, -0.2) is 4.98 Å². The van der Waals surface area contributed by atoms with Crippen molar-refractivity contribution in [2.75, 3.05) is 23.8 Å². The zero-order valence-corrected chi connectivity index (χ0v) is 23.8. The molecule has 5 aromatic rings. The summed E-state index contributed by atoms with van der Waals surface area (Å²) in [6, 6.07) is 35.6. The summed E-state index contributed by atoms with van der Waals surface area (Å²) < 4.78 is 5.61. The lowest BCUT2D eigenvalue weighted by Crippen LogP contribution is -2.39. The highest BCUT2D eigenvalue weighted by atomic mass is 16.5. The van der Waals surface area contributed by atoms with Gasteiger partial charge in [-0.3, -0.25) is 10.5 Å². The van der Waals surface area contributed by atoms with Crippen LogP contribution in [0.4, 0.5) is 11.5 Å². The van der Waals surface area contributed by atoms with Gasteiger partial charge in [-0.2, -0.15) is 5.10 Å². The van der Waals surface area contributed by atoms with E-state index in [-0.39, 0.29) is 6.04 Å². The SMILES string of the molecule is CCc1cc(C(=N)c2c(NC(c3ccccc3)(c3ccccc3)c3ccccc3)ccnc2NC2CCOCC2)n[nH]1. The maximum Gasteiger partial charge on any atom is 0.137 e. The Bertz CT molecular complexity index is 1510. The Hall–Kier alpha value is -4.75. The first kappa shape index (κ1) is 27.4. The van der Waals surface area contributed by atoms with Crippen molar-refractivity contribution in [2.24, 2.45) is 0 Å². The van der Waals surface area contributed by atoms with Crippen molar-refractivity contribution in [1.29, 1.82) is 5.41 Å². The molecular weight excluding hydrogens is 520 g/mol. The Morgan fingerprint density at radius 2 is 1.45 bits per heavy atom. The fourth-order valence-corrected chi connectivity index (χ4v) is 5.75. The Labute approximate surface area is 246 Å². The van der Waals surface area contributed by atoms with Gasteiger partial charge in [-0.05, 0) is 48.1 Å². The van der Waals surface area contributed by atoms with E-state index in [2.05, 4.69) is 101 Å². The molecule has 7 nitrogen and oxygen atoms in total. The van der Waals surface area contributed by atoms with E-state index in [0.29, 0.717) is 36.0 Å². The Kier molecular flexibility index (Phi) is 8.10. The number of aromatic amines is 1. The molecule has 212 valence electrons. The van der Waals surface area contributed by atoms with Gasteiger partial charge in [-0.1, -0.05) is 97.9 Å². The molecule has 2 aromatic heterocycles. The largest absolute Gasteiger partial charge is 0.381 e. The quantitative estimate of drug-likeness (QED) is 0.112. The second kappa shape index (κ2) is 12.4. The van der Waals surface area contributed by atoms with Gasteiger partial charge >= 0.3 is 0 Å². The van der Waals surface area contributed by atoms with Crippen molar-refractivity contribution in [2.45, 2.75) is 37.8 Å². The van der Waals surface area contributed by atoms with E-state index in [1.165, 1.54) is 0 Å². The second-order valence-electron chi connectivity index (χ2n) is 10.6. The normalized spacial score (nSPS) is 13.9. The van der Waals surface area contributed by atoms with E-state index >= 15 is 0 Å². The molecule has 1 aliphatic heterocycles. The molecule has 0 atom stereocenters. The molecule has 6 rings (SSSR count). The van der Waals surface area contributed by atoms with E-state index in [1.807, 2.05) is 36.5 Å². The van der Waals surface area contributed by atoms with Crippen molar-refractivity contribution < 1.29 is 4.74 Å². The summed E-state index contributed by atoms with van der Waals surface area (Å²) in [6.45, 7) is 3.49. The van der Waals surface area contributed by atoms with Gasteiger partial charge in [-0.15, -0.1) is 0 Å². The lowest BCUT2D eigenvalue weighted by atomic mass is 9.76. The third kappa shape index (κ3) is 5.43. The number of anilines is 2. The first-order chi connectivity index (χ1) is 20.7. The van der Waals surface area contributed by atoms with Gasteiger partial charge in [0.25, 0.3) is 0 Å². The first-order valence-corrected chi connectivity index (χ1v) is 14.6. The maximum atomic E-state index is 9.45. The molecule has 0 amide bonds. The molecule has 0 spiro atoms. The molecule has 42 heavy (non-hydrogen) atoms. The summed E-state index contributed by atoms with van der Waals surface area (Å²) in [5, 5.41) is 24.7. The Morgan fingerprint density at radius 1 is 0.881 bits per heavy atom. The van der Waals surface area contributed by atoms with Crippen molar-refractivity contribution >= 4 is 17.2 Å². The maximum absolute atomic E-state index is 9.45. The van der Waals surface area contributed by atoms with Gasteiger partial charge in [0.05, 0.1) is 17.0 Å². The number of benzene rings is 3. The molecule has 3 aromatic carbocycles. The topological polar surface area (TPSA) is 98.7 Å². The highest BCUT2D eigenvalue weighted by Gasteiger charge is 2.37. The minimum atomic E-state index is -0.754. The number of H-pyrrole nitrogens is 1. The summed E-state index contributed by atoms with van der Waals surface area (Å²) in [6.07, 6.45) is 4.40. The van der Waals surface area contributed by atoms with Crippen molar-refractivity contribution in [3.63, 3.8) is 0 Å². The monoisotopic (exact) mass is 556 g/mol. The van der Waals surface area contributed by atoms with Crippen LogP contribution in [0.1, 0.15) is 53.4 Å². The summed E-state index contributed by atoms with van der Waals surface area (Å²) in [5.41, 5.74) is 5.86. The fourth-order valence-electron chi connectivity index (χ4n) is 5.75. The summed E-state index contributed by atoms with van der Waals surface area (Å²) >= 11 is 0. The number of pyridine rings is 1. The van der Waals surface area contributed by atoms with Crippen LogP contribution in [0, 0.1) is 5.41 Å². The lowest BCUT2D eigenvalue weighted by molar-refractivity contribution is 0.0904. The van der Waals surface area contributed by atoms with Crippen LogP contribution in [0.15, 0.2) is 109 Å². The predicted octanol–water partition coefficient (Wildman–Crippen LogP) is 6.78. The molecule has 3 heterocycles. The fraction of sp³-hybridized carbons (Fsp3) is 0.229. The number of rotatable bonds is 10. The number of hydrogen-bond acceptors (Lipinski definition) is 6. The standard InChI is InChI=1S/C35H36N6O/c1-2-28-24-31(41-40-28)33(36)32-30(18-21-37-34(32)38-29-19-22-42-23-20-29)39-35(25-12-6-3-7-13-25,26-14-8-4-9-15-26)27-16-10-5-11-17-27/h3-18,21,24,29,36H,2,19-20,22-23H2,1H3,(H,40,41)(H2,37,38,39). The predicted molar refractivity (Wildman–Crippen MR) is 168 cm³/mol. The molecule has 0 bridgehead atoms. The lowest BCUT2D eigenvalue weighted by Gasteiger charge is -2.38. The van der Waals surface area contributed by atoms with Gasteiger partial charge in [0.1, 0.15) is 17.1 Å². The van der Waals surface area contributed by atoms with Gasteiger partial charge in [0.2, 0.25) is 0 Å². The van der Waals surface area contributed by atoms with Crippen LogP contribution in [-0.4, -0.2) is 40.1 Å². The van der Waals surface area contributed by atoms with Crippen LogP contribution in [0.2, 0.25) is 0 Å². The number of hydrogen-bond donors (Lipinski definition) is 4. The van der Waals surface area contributed by atoms with E-state index in [1.54, 1.807) is 0 Å². The third-order valence-electron chi connectivity index (χ3n) is 7.97. The smallest absolute Gasteiger partial charge is 0.137 e. The van der Waals surface area contributed by atoms with Crippen LogP contribution in [-0.2, 0) is 16.7 Å². The molecule has 0 aliphatic carbocycles. The molecule has 1 fully saturated rings. The average molecular weight is 557 g/mol. The molecule has 0 saturated carbocycles. The third-order valence-corrected chi connectivity index (χ3v) is 7.97. The molecule has 1 saturated heterocycles. The van der Waals surface area contributed by atoms with Crippen LogP contribution in [0.25, 0.3) is 0 Å². The highest BCUT2D eigenvalue weighted by Crippen LogP contribution is 2.41. The molecule has 4 N–H and O–H groups in total. The molecule has 0 radical (unpaired) electrons. The zero-order valence-electron chi connectivity index (χ0n) is 23.8. The van der Waals surface area contributed by atoms with Gasteiger partial charge in [0.15, 0.2) is 0 Å². The number of nitrogens with one attached hydrogen (secondary N) is 4. The molecule has 7 heteroatoms. The van der Waals surface area contributed by atoms with Crippen molar-refractivity contribution in [3.8, 4) is 0 Å². The summed E-state index contributed by atoms with van der Waals surface area (Å²) in [5.74, 6) is 0.668.